The molecule has 1 aliphatic heterocycles. The molecule has 1 atom stereocenters. The van der Waals surface area contributed by atoms with E-state index in [0.29, 0.717) is 18.1 Å². The van der Waals surface area contributed by atoms with Gasteiger partial charge >= 0.3 is 0 Å². The molecule has 4 nitrogen and oxygen atoms in total. The maximum absolute atomic E-state index is 11.1. The first kappa shape index (κ1) is 14.4. The average Bonchev–Trinajstić information content (AvgIpc) is 2.54. The number of carbonyl (C=O) groups is 1. The van der Waals surface area contributed by atoms with Crippen molar-refractivity contribution in [1.29, 1.82) is 0 Å². The van der Waals surface area contributed by atoms with Crippen LogP contribution in [-0.4, -0.2) is 19.6 Å². The van der Waals surface area contributed by atoms with E-state index in [9.17, 15) is 4.79 Å². The van der Waals surface area contributed by atoms with E-state index in [2.05, 4.69) is 6.07 Å². The third-order valence-corrected chi connectivity index (χ3v) is 4.02. The first-order chi connectivity index (χ1) is 10.7. The molecule has 0 bridgehead atoms. The number of rotatable bonds is 4. The second-order valence-electron chi connectivity index (χ2n) is 5.59. The van der Waals surface area contributed by atoms with Crippen molar-refractivity contribution in [1.82, 2.24) is 0 Å². The molecule has 0 spiro atoms. The molecule has 1 amide bonds. The standard InChI is InChI=1S/C18H19NO3/c1-21-16-4-2-3-15-10-13(11-22-17(15)16)9-12-5-7-14(8-6-12)18(19)20/h2-8,13H,9-11H2,1H3,(H2,19,20)/t13-/m1/s1. The largest absolute Gasteiger partial charge is 0.493 e. The Hall–Kier alpha value is -2.49. The monoisotopic (exact) mass is 297 g/mol. The lowest BCUT2D eigenvalue weighted by molar-refractivity contribution is 0.100. The van der Waals surface area contributed by atoms with Gasteiger partial charge in [0.15, 0.2) is 11.5 Å². The minimum absolute atomic E-state index is 0.395. The summed E-state index contributed by atoms with van der Waals surface area (Å²) >= 11 is 0. The number of fused-ring (bicyclic) bond motifs is 1. The van der Waals surface area contributed by atoms with Crippen molar-refractivity contribution in [2.75, 3.05) is 13.7 Å². The van der Waals surface area contributed by atoms with Gasteiger partial charge < -0.3 is 15.2 Å². The molecule has 2 aromatic carbocycles. The zero-order chi connectivity index (χ0) is 15.5. The van der Waals surface area contributed by atoms with E-state index in [1.807, 2.05) is 24.3 Å². The van der Waals surface area contributed by atoms with Crippen LogP contribution in [0.1, 0.15) is 21.5 Å². The van der Waals surface area contributed by atoms with E-state index in [-0.39, 0.29) is 0 Å². The fraction of sp³-hybridized carbons (Fsp3) is 0.278. The summed E-state index contributed by atoms with van der Waals surface area (Å²) in [5.41, 5.74) is 8.17. The molecular weight excluding hydrogens is 278 g/mol. The van der Waals surface area contributed by atoms with E-state index >= 15 is 0 Å². The predicted octanol–water partition coefficient (Wildman–Crippen LogP) is 2.59. The molecule has 22 heavy (non-hydrogen) atoms. The summed E-state index contributed by atoms with van der Waals surface area (Å²) in [6.45, 7) is 0.672. The van der Waals surface area contributed by atoms with Crippen LogP contribution in [0.4, 0.5) is 0 Å². The van der Waals surface area contributed by atoms with Gasteiger partial charge in [-0.3, -0.25) is 4.79 Å². The Bertz CT molecular complexity index is 679. The molecule has 0 aliphatic carbocycles. The highest BCUT2D eigenvalue weighted by Gasteiger charge is 2.22. The van der Waals surface area contributed by atoms with Crippen LogP contribution in [0.3, 0.4) is 0 Å². The lowest BCUT2D eigenvalue weighted by Gasteiger charge is -2.26. The Kier molecular flexibility index (Phi) is 4.00. The van der Waals surface area contributed by atoms with E-state index in [4.69, 9.17) is 15.2 Å². The number of nitrogens with two attached hydrogens (primary N) is 1. The maximum Gasteiger partial charge on any atom is 0.248 e. The van der Waals surface area contributed by atoms with Crippen LogP contribution in [0.5, 0.6) is 11.5 Å². The third-order valence-electron chi connectivity index (χ3n) is 4.02. The number of carbonyl (C=O) groups excluding carboxylic acids is 1. The van der Waals surface area contributed by atoms with Gasteiger partial charge in [0.25, 0.3) is 0 Å². The van der Waals surface area contributed by atoms with Gasteiger partial charge in [-0.2, -0.15) is 0 Å². The van der Waals surface area contributed by atoms with Crippen LogP contribution in [0, 0.1) is 5.92 Å². The van der Waals surface area contributed by atoms with Crippen molar-refractivity contribution in [3.05, 3.63) is 59.2 Å². The molecule has 114 valence electrons. The number of primary amides is 1. The predicted molar refractivity (Wildman–Crippen MR) is 84.3 cm³/mol. The van der Waals surface area contributed by atoms with Crippen LogP contribution in [0.15, 0.2) is 42.5 Å². The molecular formula is C18H19NO3. The molecule has 0 saturated heterocycles. The Balaban J connectivity index is 1.71. The van der Waals surface area contributed by atoms with Crippen molar-refractivity contribution in [3.63, 3.8) is 0 Å². The first-order valence-electron chi connectivity index (χ1n) is 7.35. The zero-order valence-electron chi connectivity index (χ0n) is 12.5. The number of para-hydroxylation sites is 1. The highest BCUT2D eigenvalue weighted by Crippen LogP contribution is 2.36. The SMILES string of the molecule is COc1cccc2c1OC[C@H](Cc1ccc(C(N)=O)cc1)C2. The highest BCUT2D eigenvalue weighted by atomic mass is 16.5. The number of hydrogen-bond acceptors (Lipinski definition) is 3. The second-order valence-corrected chi connectivity index (χ2v) is 5.59. The van der Waals surface area contributed by atoms with Gasteiger partial charge in [0.05, 0.1) is 13.7 Å². The molecule has 2 aromatic rings. The quantitative estimate of drug-likeness (QED) is 0.943. The average molecular weight is 297 g/mol. The van der Waals surface area contributed by atoms with Crippen molar-refractivity contribution < 1.29 is 14.3 Å². The molecule has 0 unspecified atom stereocenters. The topological polar surface area (TPSA) is 61.6 Å². The summed E-state index contributed by atoms with van der Waals surface area (Å²) < 4.78 is 11.2. The van der Waals surface area contributed by atoms with Gasteiger partial charge in [-0.1, -0.05) is 24.3 Å². The van der Waals surface area contributed by atoms with Crippen LogP contribution in [0.2, 0.25) is 0 Å². The minimum Gasteiger partial charge on any atom is -0.493 e. The van der Waals surface area contributed by atoms with Gasteiger partial charge in [0, 0.05) is 11.5 Å². The van der Waals surface area contributed by atoms with Crippen molar-refractivity contribution in [3.8, 4) is 11.5 Å². The van der Waals surface area contributed by atoms with Crippen LogP contribution >= 0.6 is 0 Å². The molecule has 0 fully saturated rings. The lowest BCUT2D eigenvalue weighted by Crippen LogP contribution is -2.23. The Labute approximate surface area is 129 Å². The third kappa shape index (κ3) is 2.91. The summed E-state index contributed by atoms with van der Waals surface area (Å²) in [7, 11) is 1.66. The van der Waals surface area contributed by atoms with Crippen LogP contribution in [-0.2, 0) is 12.8 Å². The lowest BCUT2D eigenvalue weighted by atomic mass is 9.90. The Morgan fingerprint density at radius 3 is 2.73 bits per heavy atom. The number of ether oxygens (including phenoxy) is 2. The summed E-state index contributed by atoms with van der Waals surface area (Å²) in [6, 6.07) is 13.5. The van der Waals surface area contributed by atoms with Crippen LogP contribution in [0.25, 0.3) is 0 Å². The number of amides is 1. The Morgan fingerprint density at radius 2 is 2.05 bits per heavy atom. The van der Waals surface area contributed by atoms with E-state index in [0.717, 1.165) is 24.3 Å². The highest BCUT2D eigenvalue weighted by molar-refractivity contribution is 5.92. The normalized spacial score (nSPS) is 16.5. The molecule has 1 aliphatic rings. The van der Waals surface area contributed by atoms with E-state index in [1.165, 1.54) is 11.1 Å². The van der Waals surface area contributed by atoms with Gasteiger partial charge in [-0.25, -0.2) is 0 Å². The van der Waals surface area contributed by atoms with E-state index < -0.39 is 5.91 Å². The maximum atomic E-state index is 11.1. The molecule has 1 heterocycles. The fourth-order valence-electron chi connectivity index (χ4n) is 2.89. The molecule has 0 radical (unpaired) electrons. The van der Waals surface area contributed by atoms with Crippen molar-refractivity contribution in [2.24, 2.45) is 11.7 Å². The van der Waals surface area contributed by atoms with Gasteiger partial charge in [-0.05, 0) is 42.2 Å². The van der Waals surface area contributed by atoms with Gasteiger partial charge in [0.2, 0.25) is 5.91 Å². The summed E-state index contributed by atoms with van der Waals surface area (Å²) in [4.78, 5) is 11.1. The second kappa shape index (κ2) is 6.10. The first-order valence-corrected chi connectivity index (χ1v) is 7.35. The summed E-state index contributed by atoms with van der Waals surface area (Å²) in [6.07, 6.45) is 1.87. The number of hydrogen-bond donors (Lipinski definition) is 1. The number of methoxy groups -OCH3 is 1. The van der Waals surface area contributed by atoms with Crippen molar-refractivity contribution in [2.45, 2.75) is 12.8 Å². The molecule has 2 N–H and O–H groups in total. The van der Waals surface area contributed by atoms with Gasteiger partial charge in [-0.15, -0.1) is 0 Å². The summed E-state index contributed by atoms with van der Waals surface area (Å²) in [5.74, 6) is 1.68. The van der Waals surface area contributed by atoms with Crippen molar-refractivity contribution >= 4 is 5.91 Å². The molecule has 3 rings (SSSR count). The number of benzene rings is 2. The summed E-state index contributed by atoms with van der Waals surface area (Å²) in [5, 5.41) is 0. The minimum atomic E-state index is -0.395. The van der Waals surface area contributed by atoms with Gasteiger partial charge in [0.1, 0.15) is 0 Å². The molecule has 0 aromatic heterocycles. The fourth-order valence-corrected chi connectivity index (χ4v) is 2.89. The molecule has 4 heteroatoms. The smallest absolute Gasteiger partial charge is 0.248 e. The van der Waals surface area contributed by atoms with E-state index in [1.54, 1.807) is 19.2 Å². The molecule has 0 saturated carbocycles. The Morgan fingerprint density at radius 1 is 1.27 bits per heavy atom. The zero-order valence-corrected chi connectivity index (χ0v) is 12.5. The van der Waals surface area contributed by atoms with Crippen LogP contribution < -0.4 is 15.2 Å².